The van der Waals surface area contributed by atoms with E-state index in [-0.39, 0.29) is 17.5 Å². The minimum atomic E-state index is -0.118. The second-order valence-electron chi connectivity index (χ2n) is 8.74. The highest BCUT2D eigenvalue weighted by Gasteiger charge is 2.24. The molecule has 0 bridgehead atoms. The van der Waals surface area contributed by atoms with Crippen molar-refractivity contribution in [2.24, 2.45) is 0 Å². The van der Waals surface area contributed by atoms with E-state index in [0.29, 0.717) is 34.5 Å². The monoisotopic (exact) mass is 452 g/mol. The maximum absolute atomic E-state index is 13.0. The molecule has 1 N–H and O–H groups in total. The Balaban J connectivity index is 1.34. The number of hydrogen-bond donors (Lipinski definition) is 1. The van der Waals surface area contributed by atoms with Crippen LogP contribution in [0.4, 0.5) is 0 Å². The van der Waals surface area contributed by atoms with Crippen molar-refractivity contribution in [2.75, 3.05) is 19.6 Å². The average molecular weight is 453 g/mol. The van der Waals surface area contributed by atoms with E-state index in [2.05, 4.69) is 27.3 Å². The molecule has 0 spiro atoms. The van der Waals surface area contributed by atoms with Crippen molar-refractivity contribution < 1.29 is 4.79 Å². The van der Waals surface area contributed by atoms with Crippen LogP contribution < -0.4 is 10.9 Å². The third-order valence-electron chi connectivity index (χ3n) is 6.55. The van der Waals surface area contributed by atoms with Gasteiger partial charge in [-0.05, 0) is 74.8 Å². The van der Waals surface area contributed by atoms with Crippen LogP contribution in [0, 0.1) is 6.92 Å². The smallest absolute Gasteiger partial charge is 0.265 e. The Hall–Kier alpha value is -3.77. The van der Waals surface area contributed by atoms with Crippen LogP contribution in [0.25, 0.3) is 16.6 Å². The minimum absolute atomic E-state index is 0.114. The van der Waals surface area contributed by atoms with Gasteiger partial charge in [-0.3, -0.25) is 19.1 Å². The predicted molar refractivity (Wildman–Crippen MR) is 134 cm³/mol. The van der Waals surface area contributed by atoms with Gasteiger partial charge in [0.05, 0.1) is 22.6 Å². The lowest BCUT2D eigenvalue weighted by Crippen LogP contribution is -2.36. The number of nitrogens with one attached hydrogen (secondary N) is 1. The Bertz CT molecular complexity index is 1360. The lowest BCUT2D eigenvalue weighted by molar-refractivity contribution is 0.0938. The molecule has 34 heavy (non-hydrogen) atoms. The molecule has 0 unspecified atom stereocenters. The van der Waals surface area contributed by atoms with E-state index in [1.54, 1.807) is 34.9 Å². The first-order valence-corrected chi connectivity index (χ1v) is 11.8. The Morgan fingerprint density at radius 3 is 2.35 bits per heavy atom. The van der Waals surface area contributed by atoms with Gasteiger partial charge < -0.3 is 5.32 Å². The van der Waals surface area contributed by atoms with Gasteiger partial charge in [0.15, 0.2) is 0 Å². The molecule has 0 aliphatic carbocycles. The number of aromatic nitrogens is 2. The molecule has 6 nitrogen and oxygen atoms in total. The topological polar surface area (TPSA) is 67.2 Å². The van der Waals surface area contributed by atoms with Gasteiger partial charge in [-0.1, -0.05) is 42.5 Å². The van der Waals surface area contributed by atoms with Crippen molar-refractivity contribution in [3.8, 4) is 5.69 Å². The molecule has 2 heterocycles. The molecular formula is C28H28N4O2. The molecule has 4 aromatic rings. The van der Waals surface area contributed by atoms with Crippen LogP contribution in [-0.2, 0) is 0 Å². The van der Waals surface area contributed by atoms with Crippen LogP contribution in [0.15, 0.2) is 83.7 Å². The van der Waals surface area contributed by atoms with Gasteiger partial charge in [-0.15, -0.1) is 0 Å². The standard InChI is InChI=1S/C28H28N4O2/c1-20-30-25-12-6-5-11-24(25)28(34)32(20)23-15-13-22(14-16-23)27(33)29-19-26(31-17-7-8-18-31)21-9-3-2-4-10-21/h2-6,9-16,26H,7-8,17-19H2,1H3,(H,29,33)/t26-/m0/s1. The Morgan fingerprint density at radius 1 is 0.941 bits per heavy atom. The zero-order chi connectivity index (χ0) is 23.5. The van der Waals surface area contributed by atoms with Crippen LogP contribution in [-0.4, -0.2) is 40.0 Å². The first kappa shape index (κ1) is 22.0. The van der Waals surface area contributed by atoms with Gasteiger partial charge in [-0.25, -0.2) is 4.98 Å². The number of hydrogen-bond acceptors (Lipinski definition) is 4. The summed E-state index contributed by atoms with van der Waals surface area (Å²) in [6, 6.07) is 25.0. The second kappa shape index (κ2) is 9.61. The lowest BCUT2D eigenvalue weighted by Gasteiger charge is -2.28. The number of para-hydroxylation sites is 1. The maximum Gasteiger partial charge on any atom is 0.265 e. The normalized spacial score (nSPS) is 14.9. The summed E-state index contributed by atoms with van der Waals surface area (Å²) in [7, 11) is 0. The molecule has 1 atom stereocenters. The Labute approximate surface area is 198 Å². The molecule has 1 aromatic heterocycles. The van der Waals surface area contributed by atoms with Gasteiger partial charge in [0, 0.05) is 12.1 Å². The van der Waals surface area contributed by atoms with Crippen LogP contribution in [0.2, 0.25) is 0 Å². The highest BCUT2D eigenvalue weighted by Crippen LogP contribution is 2.24. The SMILES string of the molecule is Cc1nc2ccccc2c(=O)n1-c1ccc(C(=O)NC[C@@H](c2ccccc2)N2CCCC2)cc1. The number of rotatable bonds is 6. The zero-order valence-electron chi connectivity index (χ0n) is 19.3. The summed E-state index contributed by atoms with van der Waals surface area (Å²) in [6.45, 7) is 4.48. The van der Waals surface area contributed by atoms with Crippen LogP contribution in [0.5, 0.6) is 0 Å². The van der Waals surface area contributed by atoms with Crippen LogP contribution in [0.3, 0.4) is 0 Å². The van der Waals surface area contributed by atoms with Crippen molar-refractivity contribution in [3.05, 3.63) is 106 Å². The molecular weight excluding hydrogens is 424 g/mol. The lowest BCUT2D eigenvalue weighted by atomic mass is 10.1. The largest absolute Gasteiger partial charge is 0.350 e. The fourth-order valence-electron chi connectivity index (χ4n) is 4.79. The second-order valence-corrected chi connectivity index (χ2v) is 8.74. The van der Waals surface area contributed by atoms with Gasteiger partial charge in [0.2, 0.25) is 0 Å². The minimum Gasteiger partial charge on any atom is -0.350 e. The van der Waals surface area contributed by atoms with E-state index >= 15 is 0 Å². The summed E-state index contributed by atoms with van der Waals surface area (Å²) >= 11 is 0. The third-order valence-corrected chi connectivity index (χ3v) is 6.55. The molecule has 5 rings (SSSR count). The molecule has 1 fully saturated rings. The summed E-state index contributed by atoms with van der Waals surface area (Å²) in [6.07, 6.45) is 2.39. The maximum atomic E-state index is 13.0. The number of fused-ring (bicyclic) bond motifs is 1. The molecule has 0 radical (unpaired) electrons. The number of likely N-dealkylation sites (tertiary alicyclic amines) is 1. The van der Waals surface area contributed by atoms with E-state index in [1.807, 2.05) is 43.3 Å². The summed E-state index contributed by atoms with van der Waals surface area (Å²) in [4.78, 5) is 33.0. The highest BCUT2D eigenvalue weighted by atomic mass is 16.1. The zero-order valence-corrected chi connectivity index (χ0v) is 19.3. The predicted octanol–water partition coefficient (Wildman–Crippen LogP) is 4.26. The van der Waals surface area contributed by atoms with E-state index < -0.39 is 0 Å². The number of carbonyl (C=O) groups excluding carboxylic acids is 1. The van der Waals surface area contributed by atoms with Crippen molar-refractivity contribution in [2.45, 2.75) is 25.8 Å². The van der Waals surface area contributed by atoms with Gasteiger partial charge in [0.25, 0.3) is 11.5 Å². The van der Waals surface area contributed by atoms with Crippen LogP contribution in [0.1, 0.15) is 40.6 Å². The third kappa shape index (κ3) is 4.37. The highest BCUT2D eigenvalue weighted by molar-refractivity contribution is 5.94. The van der Waals surface area contributed by atoms with Gasteiger partial charge in [0.1, 0.15) is 5.82 Å². The fraction of sp³-hybridized carbons (Fsp3) is 0.250. The number of benzene rings is 3. The molecule has 0 saturated carbocycles. The summed E-state index contributed by atoms with van der Waals surface area (Å²) in [5.74, 6) is 0.490. The molecule has 1 aliphatic heterocycles. The number of carbonyl (C=O) groups is 1. The van der Waals surface area contributed by atoms with E-state index in [1.165, 1.54) is 18.4 Å². The van der Waals surface area contributed by atoms with Crippen molar-refractivity contribution in [3.63, 3.8) is 0 Å². The van der Waals surface area contributed by atoms with Crippen molar-refractivity contribution in [1.82, 2.24) is 19.8 Å². The molecule has 172 valence electrons. The average Bonchev–Trinajstić information content (AvgIpc) is 3.40. The fourth-order valence-corrected chi connectivity index (χ4v) is 4.79. The first-order chi connectivity index (χ1) is 16.6. The molecule has 6 heteroatoms. The molecule has 1 amide bonds. The van der Waals surface area contributed by atoms with Crippen molar-refractivity contribution in [1.29, 1.82) is 0 Å². The van der Waals surface area contributed by atoms with Crippen molar-refractivity contribution >= 4 is 16.8 Å². The molecule has 3 aromatic carbocycles. The Kier molecular flexibility index (Phi) is 6.23. The quantitative estimate of drug-likeness (QED) is 0.475. The Morgan fingerprint density at radius 2 is 1.62 bits per heavy atom. The summed E-state index contributed by atoms with van der Waals surface area (Å²) < 4.78 is 1.59. The molecule has 1 aliphatic rings. The number of aryl methyl sites for hydroxylation is 1. The summed E-state index contributed by atoms with van der Waals surface area (Å²) in [5.41, 5.74) is 3.05. The van der Waals surface area contributed by atoms with Crippen LogP contribution >= 0.6 is 0 Å². The van der Waals surface area contributed by atoms with E-state index in [4.69, 9.17) is 0 Å². The first-order valence-electron chi connectivity index (χ1n) is 11.8. The van der Waals surface area contributed by atoms with E-state index in [9.17, 15) is 9.59 Å². The summed E-state index contributed by atoms with van der Waals surface area (Å²) in [5, 5.41) is 3.69. The molecule has 1 saturated heterocycles. The van der Waals surface area contributed by atoms with E-state index in [0.717, 1.165) is 13.1 Å². The van der Waals surface area contributed by atoms with Gasteiger partial charge >= 0.3 is 0 Å². The number of amides is 1. The number of nitrogens with zero attached hydrogens (tertiary/aromatic N) is 3. The van der Waals surface area contributed by atoms with Gasteiger partial charge in [-0.2, -0.15) is 0 Å².